The molecule has 0 fully saturated rings. The molecule has 2 aromatic rings. The molecule has 0 saturated heterocycles. The second-order valence-corrected chi connectivity index (χ2v) is 5.77. The molecule has 0 radical (unpaired) electrons. The van der Waals surface area contributed by atoms with E-state index in [-0.39, 0.29) is 5.54 Å². The van der Waals surface area contributed by atoms with Gasteiger partial charge in [0.05, 0.1) is 0 Å². The summed E-state index contributed by atoms with van der Waals surface area (Å²) in [6, 6.07) is 10.7. The predicted molar refractivity (Wildman–Crippen MR) is 81.5 cm³/mol. The van der Waals surface area contributed by atoms with Crippen LogP contribution in [0.25, 0.3) is 0 Å². The topological polar surface area (TPSA) is 56.7 Å². The van der Waals surface area contributed by atoms with Crippen molar-refractivity contribution in [2.75, 3.05) is 0 Å². The molecule has 0 spiro atoms. The highest BCUT2D eigenvalue weighted by Gasteiger charge is 2.26. The zero-order chi connectivity index (χ0) is 14.6. The molecule has 0 saturated carbocycles. The highest BCUT2D eigenvalue weighted by atomic mass is 15.3. The second-order valence-electron chi connectivity index (χ2n) is 5.77. The second kappa shape index (κ2) is 6.18. The van der Waals surface area contributed by atoms with Crippen LogP contribution in [0, 0.1) is 0 Å². The van der Waals surface area contributed by atoms with Gasteiger partial charge >= 0.3 is 0 Å². The Labute approximate surface area is 121 Å². The van der Waals surface area contributed by atoms with Gasteiger partial charge in [0.2, 0.25) is 0 Å². The van der Waals surface area contributed by atoms with Crippen LogP contribution < -0.4 is 5.73 Å². The first-order valence-electron chi connectivity index (χ1n) is 7.25. The molecular weight excluding hydrogens is 248 g/mol. The quantitative estimate of drug-likeness (QED) is 0.879. The maximum absolute atomic E-state index is 6.61. The van der Waals surface area contributed by atoms with Crippen molar-refractivity contribution < 1.29 is 0 Å². The zero-order valence-corrected chi connectivity index (χ0v) is 12.6. The van der Waals surface area contributed by atoms with Crippen LogP contribution in [-0.2, 0) is 12.8 Å². The molecule has 2 rings (SSSR count). The first-order chi connectivity index (χ1) is 9.54. The minimum absolute atomic E-state index is 0.277. The molecule has 0 aliphatic heterocycles. The number of nitrogens with two attached hydrogens (primary N) is 1. The minimum Gasteiger partial charge on any atom is -0.324 e. The largest absolute Gasteiger partial charge is 0.324 e. The van der Waals surface area contributed by atoms with Crippen molar-refractivity contribution >= 4 is 0 Å². The predicted octanol–water partition coefficient (Wildman–Crippen LogP) is 2.75. The average Bonchev–Trinajstić information content (AvgIpc) is 2.88. The standard InChI is InChI=1S/C16H24N4/c1-4-16(17,10-14-8-6-5-7-9-14)11-15-18-12-19-20(15)13(2)3/h5-9,12-13H,4,10-11,17H2,1-3H3. The van der Waals surface area contributed by atoms with Crippen molar-refractivity contribution in [1.82, 2.24) is 14.8 Å². The lowest BCUT2D eigenvalue weighted by Crippen LogP contribution is -2.44. The number of hydrogen-bond donors (Lipinski definition) is 1. The maximum Gasteiger partial charge on any atom is 0.138 e. The normalized spacial score (nSPS) is 14.4. The van der Waals surface area contributed by atoms with Crippen LogP contribution >= 0.6 is 0 Å². The number of rotatable bonds is 6. The molecule has 108 valence electrons. The van der Waals surface area contributed by atoms with Crippen LogP contribution in [0.15, 0.2) is 36.7 Å². The molecule has 4 nitrogen and oxygen atoms in total. The van der Waals surface area contributed by atoms with Gasteiger partial charge in [0.15, 0.2) is 0 Å². The van der Waals surface area contributed by atoms with Gasteiger partial charge in [0, 0.05) is 18.0 Å². The van der Waals surface area contributed by atoms with Gasteiger partial charge < -0.3 is 5.73 Å². The first-order valence-corrected chi connectivity index (χ1v) is 7.25. The van der Waals surface area contributed by atoms with Crippen LogP contribution in [0.2, 0.25) is 0 Å². The molecule has 1 atom stereocenters. The van der Waals surface area contributed by atoms with E-state index in [0.29, 0.717) is 6.04 Å². The molecule has 0 bridgehead atoms. The Balaban J connectivity index is 2.17. The summed E-state index contributed by atoms with van der Waals surface area (Å²) in [4.78, 5) is 4.38. The van der Waals surface area contributed by atoms with Gasteiger partial charge in [0.25, 0.3) is 0 Å². The Morgan fingerprint density at radius 3 is 2.50 bits per heavy atom. The van der Waals surface area contributed by atoms with Crippen LogP contribution in [0.3, 0.4) is 0 Å². The van der Waals surface area contributed by atoms with Crippen LogP contribution in [-0.4, -0.2) is 20.3 Å². The number of benzene rings is 1. The molecule has 0 aliphatic rings. The molecule has 1 aromatic heterocycles. The van der Waals surface area contributed by atoms with E-state index in [0.717, 1.165) is 25.1 Å². The summed E-state index contributed by atoms with van der Waals surface area (Å²) >= 11 is 0. The Morgan fingerprint density at radius 2 is 1.90 bits per heavy atom. The molecule has 1 aromatic carbocycles. The fourth-order valence-corrected chi connectivity index (χ4v) is 2.46. The third kappa shape index (κ3) is 3.45. The Bertz CT molecular complexity index is 532. The number of aromatic nitrogens is 3. The van der Waals surface area contributed by atoms with Crippen molar-refractivity contribution in [3.05, 3.63) is 48.0 Å². The minimum atomic E-state index is -0.277. The summed E-state index contributed by atoms with van der Waals surface area (Å²) in [7, 11) is 0. The average molecular weight is 272 g/mol. The third-order valence-corrected chi connectivity index (χ3v) is 3.75. The van der Waals surface area contributed by atoms with Gasteiger partial charge in [-0.3, -0.25) is 0 Å². The van der Waals surface area contributed by atoms with Gasteiger partial charge in [-0.15, -0.1) is 0 Å². The summed E-state index contributed by atoms with van der Waals surface area (Å²) in [5, 5.41) is 4.29. The van der Waals surface area contributed by atoms with Crippen molar-refractivity contribution in [3.63, 3.8) is 0 Å². The van der Waals surface area contributed by atoms with E-state index in [4.69, 9.17) is 5.73 Å². The van der Waals surface area contributed by atoms with Crippen molar-refractivity contribution in [3.8, 4) is 0 Å². The summed E-state index contributed by atoms with van der Waals surface area (Å²) in [6.45, 7) is 6.36. The molecule has 1 heterocycles. The lowest BCUT2D eigenvalue weighted by atomic mass is 9.86. The third-order valence-electron chi connectivity index (χ3n) is 3.75. The number of nitrogens with zero attached hydrogens (tertiary/aromatic N) is 3. The Morgan fingerprint density at radius 1 is 1.20 bits per heavy atom. The van der Waals surface area contributed by atoms with Crippen LogP contribution in [0.5, 0.6) is 0 Å². The summed E-state index contributed by atoms with van der Waals surface area (Å²) in [5.41, 5.74) is 7.60. The molecule has 1 unspecified atom stereocenters. The fourth-order valence-electron chi connectivity index (χ4n) is 2.46. The number of hydrogen-bond acceptors (Lipinski definition) is 3. The van der Waals surface area contributed by atoms with E-state index in [1.165, 1.54) is 5.56 Å². The van der Waals surface area contributed by atoms with Gasteiger partial charge in [-0.05, 0) is 32.3 Å². The molecule has 2 N–H and O–H groups in total. The highest BCUT2D eigenvalue weighted by molar-refractivity contribution is 5.18. The van der Waals surface area contributed by atoms with Crippen LogP contribution in [0.4, 0.5) is 0 Å². The summed E-state index contributed by atoms with van der Waals surface area (Å²) < 4.78 is 1.96. The smallest absolute Gasteiger partial charge is 0.138 e. The lowest BCUT2D eigenvalue weighted by Gasteiger charge is -2.28. The van der Waals surface area contributed by atoms with Crippen molar-refractivity contribution in [2.24, 2.45) is 5.73 Å². The fraction of sp³-hybridized carbons (Fsp3) is 0.500. The van der Waals surface area contributed by atoms with E-state index in [9.17, 15) is 0 Å². The van der Waals surface area contributed by atoms with E-state index in [1.807, 2.05) is 10.7 Å². The van der Waals surface area contributed by atoms with E-state index < -0.39 is 0 Å². The van der Waals surface area contributed by atoms with Gasteiger partial charge in [0.1, 0.15) is 12.2 Å². The highest BCUT2D eigenvalue weighted by Crippen LogP contribution is 2.20. The maximum atomic E-state index is 6.61. The molecule has 0 amide bonds. The molecule has 4 heteroatoms. The monoisotopic (exact) mass is 272 g/mol. The Kier molecular flexibility index (Phi) is 4.55. The summed E-state index contributed by atoms with van der Waals surface area (Å²) in [5.74, 6) is 0.972. The molecule has 20 heavy (non-hydrogen) atoms. The SMILES string of the molecule is CCC(N)(Cc1ccccc1)Cc1ncnn1C(C)C. The van der Waals surface area contributed by atoms with E-state index in [2.05, 4.69) is 55.1 Å². The van der Waals surface area contributed by atoms with Crippen LogP contribution in [0.1, 0.15) is 44.6 Å². The van der Waals surface area contributed by atoms with Gasteiger partial charge in [-0.2, -0.15) is 5.10 Å². The first kappa shape index (κ1) is 14.7. The summed E-state index contributed by atoms with van der Waals surface area (Å²) in [6.07, 6.45) is 4.13. The van der Waals surface area contributed by atoms with Crippen molar-refractivity contribution in [2.45, 2.75) is 51.6 Å². The lowest BCUT2D eigenvalue weighted by molar-refractivity contribution is 0.377. The van der Waals surface area contributed by atoms with Gasteiger partial charge in [-0.1, -0.05) is 37.3 Å². The van der Waals surface area contributed by atoms with Gasteiger partial charge in [-0.25, -0.2) is 9.67 Å². The van der Waals surface area contributed by atoms with Crippen molar-refractivity contribution in [1.29, 1.82) is 0 Å². The Hall–Kier alpha value is -1.68. The zero-order valence-electron chi connectivity index (χ0n) is 12.6. The van der Waals surface area contributed by atoms with E-state index in [1.54, 1.807) is 6.33 Å². The van der Waals surface area contributed by atoms with E-state index >= 15 is 0 Å². The molecule has 0 aliphatic carbocycles. The molecular formula is C16H24N4.